The maximum absolute atomic E-state index is 13.0. The van der Waals surface area contributed by atoms with Crippen molar-refractivity contribution < 1.29 is 13.7 Å². The summed E-state index contributed by atoms with van der Waals surface area (Å²) in [5.74, 6) is -0.112. The van der Waals surface area contributed by atoms with Gasteiger partial charge < -0.3 is 9.84 Å². The molecular weight excluding hydrogens is 347 g/mol. The molecule has 0 unspecified atom stereocenters. The van der Waals surface area contributed by atoms with E-state index in [1.807, 2.05) is 6.07 Å². The van der Waals surface area contributed by atoms with Crippen molar-refractivity contribution in [2.24, 2.45) is 0 Å². The van der Waals surface area contributed by atoms with E-state index in [-0.39, 0.29) is 17.6 Å². The molecule has 0 spiro atoms. The molecule has 7 heteroatoms. The zero-order chi connectivity index (χ0) is 19.2. The highest BCUT2D eigenvalue weighted by Crippen LogP contribution is 2.19. The van der Waals surface area contributed by atoms with Crippen LogP contribution in [0.25, 0.3) is 17.5 Å². The molecule has 0 bridgehead atoms. The number of carbonyl (C=O) groups is 1. The Morgan fingerprint density at radius 1 is 1.22 bits per heavy atom. The first kappa shape index (κ1) is 18.0. The fourth-order valence-corrected chi connectivity index (χ4v) is 2.29. The predicted molar refractivity (Wildman–Crippen MR) is 96.4 cm³/mol. The highest BCUT2D eigenvalue weighted by atomic mass is 19.1. The summed E-state index contributed by atoms with van der Waals surface area (Å²) in [6.07, 6.45) is 3.02. The Balaban J connectivity index is 1.62. The second-order valence-electron chi connectivity index (χ2n) is 5.76. The molecule has 1 aromatic heterocycles. The lowest BCUT2D eigenvalue weighted by Gasteiger charge is -2.06. The normalized spacial score (nSPS) is 11.9. The smallest absolute Gasteiger partial charge is 0.249 e. The molecule has 6 nitrogen and oxygen atoms in total. The lowest BCUT2D eigenvalue weighted by atomic mass is 10.1. The molecule has 0 aliphatic heterocycles. The van der Waals surface area contributed by atoms with Gasteiger partial charge in [-0.3, -0.25) is 4.79 Å². The van der Waals surface area contributed by atoms with Gasteiger partial charge in [-0.05, 0) is 55.0 Å². The van der Waals surface area contributed by atoms with E-state index in [9.17, 15) is 9.18 Å². The summed E-state index contributed by atoms with van der Waals surface area (Å²) in [7, 11) is 0. The topological polar surface area (TPSA) is 91.8 Å². The van der Waals surface area contributed by atoms with Crippen molar-refractivity contribution in [3.8, 4) is 17.5 Å². The minimum absolute atomic E-state index is 0.245. The molecule has 2 aromatic carbocycles. The van der Waals surface area contributed by atoms with Crippen LogP contribution in [-0.4, -0.2) is 16.0 Å². The molecule has 0 saturated carbocycles. The molecule has 3 aromatic rings. The highest BCUT2D eigenvalue weighted by Gasteiger charge is 2.16. The summed E-state index contributed by atoms with van der Waals surface area (Å²) < 4.78 is 18.2. The monoisotopic (exact) mass is 362 g/mol. The summed E-state index contributed by atoms with van der Waals surface area (Å²) in [5.41, 5.74) is 1.97. The molecule has 0 aliphatic carbocycles. The lowest BCUT2D eigenvalue weighted by Crippen LogP contribution is -2.24. The predicted octanol–water partition coefficient (Wildman–Crippen LogP) is 3.64. The van der Waals surface area contributed by atoms with Crippen LogP contribution in [0.2, 0.25) is 0 Å². The van der Waals surface area contributed by atoms with Gasteiger partial charge in [0.05, 0.1) is 11.6 Å². The van der Waals surface area contributed by atoms with Crippen LogP contribution in [0.5, 0.6) is 0 Å². The molecule has 27 heavy (non-hydrogen) atoms. The van der Waals surface area contributed by atoms with Crippen molar-refractivity contribution in [1.82, 2.24) is 15.5 Å². The quantitative estimate of drug-likeness (QED) is 0.700. The van der Waals surface area contributed by atoms with E-state index in [0.29, 0.717) is 17.0 Å². The minimum Gasteiger partial charge on any atom is -0.341 e. The van der Waals surface area contributed by atoms with Crippen LogP contribution in [0, 0.1) is 17.1 Å². The SMILES string of the molecule is C[C@H](NC(=O)/C=C\c1ccc(C#N)cc1)c1nc(-c2ccc(F)cc2)no1. The first-order valence-electron chi connectivity index (χ1n) is 8.13. The zero-order valence-corrected chi connectivity index (χ0v) is 14.4. The Kier molecular flexibility index (Phi) is 5.38. The summed E-state index contributed by atoms with van der Waals surface area (Å²) >= 11 is 0. The van der Waals surface area contributed by atoms with Crippen molar-refractivity contribution in [1.29, 1.82) is 5.26 Å². The fourth-order valence-electron chi connectivity index (χ4n) is 2.29. The minimum atomic E-state index is -0.496. The molecule has 0 fully saturated rings. The van der Waals surface area contributed by atoms with Crippen LogP contribution >= 0.6 is 0 Å². The Hall–Kier alpha value is -3.79. The molecule has 0 aliphatic rings. The van der Waals surface area contributed by atoms with Gasteiger partial charge in [-0.2, -0.15) is 10.2 Å². The average Bonchev–Trinajstić information content (AvgIpc) is 3.18. The Morgan fingerprint density at radius 2 is 1.93 bits per heavy atom. The molecule has 1 amide bonds. The average molecular weight is 362 g/mol. The first-order chi connectivity index (χ1) is 13.0. The van der Waals surface area contributed by atoms with Crippen molar-refractivity contribution in [3.63, 3.8) is 0 Å². The van der Waals surface area contributed by atoms with Crippen LogP contribution in [0.4, 0.5) is 4.39 Å². The van der Waals surface area contributed by atoms with Gasteiger partial charge in [0.15, 0.2) is 0 Å². The van der Waals surface area contributed by atoms with E-state index in [1.165, 1.54) is 18.2 Å². The standard InChI is InChI=1S/C20H15FN4O2/c1-13(20-24-19(25-27-20)16-7-9-17(21)10-8-16)23-18(26)11-6-14-2-4-15(12-22)5-3-14/h2-11,13H,1H3,(H,23,26)/b11-6-/t13-/m0/s1. The van der Waals surface area contributed by atoms with Gasteiger partial charge >= 0.3 is 0 Å². The summed E-state index contributed by atoms with van der Waals surface area (Å²) in [6.45, 7) is 1.72. The number of nitriles is 1. The molecule has 1 atom stereocenters. The molecular formula is C20H15FN4O2. The van der Waals surface area contributed by atoms with Gasteiger partial charge in [-0.15, -0.1) is 0 Å². The number of hydrogen-bond donors (Lipinski definition) is 1. The van der Waals surface area contributed by atoms with Crippen molar-refractivity contribution >= 4 is 12.0 Å². The van der Waals surface area contributed by atoms with Crippen LogP contribution in [0.3, 0.4) is 0 Å². The number of amides is 1. The third-order valence-corrected chi connectivity index (χ3v) is 3.74. The number of nitrogens with zero attached hydrogens (tertiary/aromatic N) is 3. The Labute approximate surface area is 155 Å². The zero-order valence-electron chi connectivity index (χ0n) is 14.4. The third kappa shape index (κ3) is 4.64. The van der Waals surface area contributed by atoms with E-state index in [4.69, 9.17) is 9.78 Å². The third-order valence-electron chi connectivity index (χ3n) is 3.74. The fraction of sp³-hybridized carbons (Fsp3) is 0.100. The van der Waals surface area contributed by atoms with Crippen LogP contribution in [-0.2, 0) is 4.79 Å². The van der Waals surface area contributed by atoms with E-state index in [1.54, 1.807) is 49.4 Å². The van der Waals surface area contributed by atoms with Gasteiger partial charge in [-0.25, -0.2) is 4.39 Å². The highest BCUT2D eigenvalue weighted by molar-refractivity contribution is 5.91. The number of benzene rings is 2. The molecule has 1 heterocycles. The Morgan fingerprint density at radius 3 is 2.59 bits per heavy atom. The second-order valence-corrected chi connectivity index (χ2v) is 5.76. The summed E-state index contributed by atoms with van der Waals surface area (Å²) in [6, 6.07) is 14.1. The van der Waals surface area contributed by atoms with Gasteiger partial charge in [0.25, 0.3) is 0 Å². The van der Waals surface area contributed by atoms with Gasteiger partial charge in [0.1, 0.15) is 11.9 Å². The number of aromatic nitrogens is 2. The largest absolute Gasteiger partial charge is 0.341 e. The number of halogens is 1. The van der Waals surface area contributed by atoms with E-state index in [2.05, 4.69) is 15.5 Å². The maximum atomic E-state index is 13.0. The van der Waals surface area contributed by atoms with Gasteiger partial charge in [0.2, 0.25) is 17.6 Å². The summed E-state index contributed by atoms with van der Waals surface area (Å²) in [4.78, 5) is 16.3. The summed E-state index contributed by atoms with van der Waals surface area (Å²) in [5, 5.41) is 15.4. The van der Waals surface area contributed by atoms with Gasteiger partial charge in [0, 0.05) is 11.6 Å². The van der Waals surface area contributed by atoms with E-state index >= 15 is 0 Å². The van der Waals surface area contributed by atoms with Crippen LogP contribution in [0.1, 0.15) is 30.0 Å². The number of hydrogen-bond acceptors (Lipinski definition) is 5. The molecule has 3 rings (SSSR count). The number of rotatable bonds is 5. The van der Waals surface area contributed by atoms with Crippen molar-refractivity contribution in [2.45, 2.75) is 13.0 Å². The van der Waals surface area contributed by atoms with E-state index in [0.717, 1.165) is 5.56 Å². The second kappa shape index (κ2) is 8.06. The molecule has 1 N–H and O–H groups in total. The maximum Gasteiger partial charge on any atom is 0.249 e. The van der Waals surface area contributed by atoms with Gasteiger partial charge in [-0.1, -0.05) is 17.3 Å². The molecule has 0 radical (unpaired) electrons. The van der Waals surface area contributed by atoms with Crippen molar-refractivity contribution in [3.05, 3.63) is 77.4 Å². The number of carbonyl (C=O) groups excluding carboxylic acids is 1. The first-order valence-corrected chi connectivity index (χ1v) is 8.13. The molecule has 134 valence electrons. The van der Waals surface area contributed by atoms with E-state index < -0.39 is 6.04 Å². The van der Waals surface area contributed by atoms with Crippen molar-refractivity contribution in [2.75, 3.05) is 0 Å². The Bertz CT molecular complexity index is 1000. The number of nitrogens with one attached hydrogen (secondary N) is 1. The van der Waals surface area contributed by atoms with Crippen LogP contribution in [0.15, 0.2) is 59.1 Å². The lowest BCUT2D eigenvalue weighted by molar-refractivity contribution is -0.117. The van der Waals surface area contributed by atoms with Crippen LogP contribution < -0.4 is 5.32 Å². The molecule has 0 saturated heterocycles.